The highest BCUT2D eigenvalue weighted by atomic mass is 16.3. The van der Waals surface area contributed by atoms with Gasteiger partial charge in [0.05, 0.1) is 29.5 Å². The van der Waals surface area contributed by atoms with E-state index in [1.165, 1.54) is 0 Å². The summed E-state index contributed by atoms with van der Waals surface area (Å²) >= 11 is 0. The van der Waals surface area contributed by atoms with Gasteiger partial charge in [-0.25, -0.2) is 9.67 Å². The van der Waals surface area contributed by atoms with Gasteiger partial charge in [-0.1, -0.05) is 0 Å². The van der Waals surface area contributed by atoms with Crippen LogP contribution in [0.3, 0.4) is 0 Å². The number of pyridine rings is 1. The lowest BCUT2D eigenvalue weighted by Crippen LogP contribution is -2.29. The van der Waals surface area contributed by atoms with Gasteiger partial charge in [0.15, 0.2) is 5.65 Å². The zero-order chi connectivity index (χ0) is 18.4. The lowest BCUT2D eigenvalue weighted by Gasteiger charge is -2.24. The lowest BCUT2D eigenvalue weighted by atomic mass is 10.1. The molecule has 1 aliphatic carbocycles. The van der Waals surface area contributed by atoms with Gasteiger partial charge >= 0.3 is 0 Å². The molecule has 1 atom stereocenters. The second-order valence-electron chi connectivity index (χ2n) is 7.40. The fourth-order valence-electron chi connectivity index (χ4n) is 3.27. The Balaban J connectivity index is 1.78. The molecule has 0 aliphatic heterocycles. The van der Waals surface area contributed by atoms with Crippen molar-refractivity contribution in [3.63, 3.8) is 0 Å². The van der Waals surface area contributed by atoms with Crippen LogP contribution in [0.4, 0.5) is 0 Å². The highest BCUT2D eigenvalue weighted by Gasteiger charge is 2.30. The predicted octanol–water partition coefficient (Wildman–Crippen LogP) is 4.32. The molecule has 26 heavy (non-hydrogen) atoms. The van der Waals surface area contributed by atoms with Crippen LogP contribution in [-0.2, 0) is 0 Å². The van der Waals surface area contributed by atoms with Crippen molar-refractivity contribution in [1.29, 1.82) is 0 Å². The van der Waals surface area contributed by atoms with Crippen molar-refractivity contribution in [3.8, 4) is 0 Å². The average molecular weight is 352 g/mol. The third-order valence-corrected chi connectivity index (χ3v) is 5.16. The number of amides is 1. The molecule has 0 saturated heterocycles. The van der Waals surface area contributed by atoms with E-state index in [0.717, 1.165) is 35.3 Å². The van der Waals surface area contributed by atoms with Gasteiger partial charge in [-0.15, -0.1) is 0 Å². The van der Waals surface area contributed by atoms with Gasteiger partial charge in [0.25, 0.3) is 5.91 Å². The third-order valence-electron chi connectivity index (χ3n) is 5.16. The fraction of sp³-hybridized carbons (Fsp3) is 0.450. The Morgan fingerprint density at radius 1 is 1.35 bits per heavy atom. The molecule has 6 nitrogen and oxygen atoms in total. The van der Waals surface area contributed by atoms with Gasteiger partial charge < -0.3 is 9.32 Å². The lowest BCUT2D eigenvalue weighted by molar-refractivity contribution is 0.0728. The molecule has 1 unspecified atom stereocenters. The Kier molecular flexibility index (Phi) is 4.05. The van der Waals surface area contributed by atoms with Crippen LogP contribution in [0.2, 0.25) is 0 Å². The quantitative estimate of drug-likeness (QED) is 0.686. The smallest absolute Gasteiger partial charge is 0.255 e. The minimum absolute atomic E-state index is 0.0356. The number of fused-ring (bicyclic) bond motifs is 1. The SMILES string of the molecule is CC(c1ccco1)N(C)C(=O)c1cc(C2CC2)nc2c1cnn2C(C)C. The van der Waals surface area contributed by atoms with Crippen LogP contribution in [0.25, 0.3) is 11.0 Å². The number of furan rings is 1. The van der Waals surface area contributed by atoms with Crippen molar-refractivity contribution in [2.75, 3.05) is 7.05 Å². The van der Waals surface area contributed by atoms with Crippen molar-refractivity contribution < 1.29 is 9.21 Å². The van der Waals surface area contributed by atoms with Gasteiger partial charge in [0.2, 0.25) is 0 Å². The fourth-order valence-corrected chi connectivity index (χ4v) is 3.27. The summed E-state index contributed by atoms with van der Waals surface area (Å²) < 4.78 is 7.37. The van der Waals surface area contributed by atoms with Gasteiger partial charge in [-0.2, -0.15) is 5.10 Å². The zero-order valence-electron chi connectivity index (χ0n) is 15.6. The van der Waals surface area contributed by atoms with Gasteiger partial charge in [-0.05, 0) is 51.8 Å². The first-order chi connectivity index (χ1) is 12.5. The van der Waals surface area contributed by atoms with E-state index in [4.69, 9.17) is 9.40 Å². The maximum atomic E-state index is 13.3. The summed E-state index contributed by atoms with van der Waals surface area (Å²) in [5, 5.41) is 5.29. The minimum Gasteiger partial charge on any atom is -0.467 e. The normalized spacial score (nSPS) is 15.6. The molecule has 3 aromatic heterocycles. The molecule has 4 rings (SSSR count). The van der Waals surface area contributed by atoms with Crippen LogP contribution >= 0.6 is 0 Å². The minimum atomic E-state index is -0.148. The molecular formula is C20H24N4O2. The molecule has 1 amide bonds. The van der Waals surface area contributed by atoms with Crippen LogP contribution in [-0.4, -0.2) is 32.6 Å². The zero-order valence-corrected chi connectivity index (χ0v) is 15.6. The molecule has 0 spiro atoms. The van der Waals surface area contributed by atoms with Crippen LogP contribution in [0.5, 0.6) is 0 Å². The van der Waals surface area contributed by atoms with Crippen molar-refractivity contribution in [2.45, 2.75) is 51.6 Å². The van der Waals surface area contributed by atoms with E-state index in [2.05, 4.69) is 18.9 Å². The number of aromatic nitrogens is 3. The molecule has 1 aliphatic rings. The van der Waals surface area contributed by atoms with E-state index in [9.17, 15) is 4.79 Å². The summed E-state index contributed by atoms with van der Waals surface area (Å²) in [6.07, 6.45) is 5.67. The Bertz CT molecular complexity index is 938. The number of hydrogen-bond donors (Lipinski definition) is 0. The van der Waals surface area contributed by atoms with Gasteiger partial charge in [0, 0.05) is 24.7 Å². The van der Waals surface area contributed by atoms with Gasteiger partial charge in [-0.3, -0.25) is 4.79 Å². The molecule has 3 aromatic rings. The summed E-state index contributed by atoms with van der Waals surface area (Å²) in [5.41, 5.74) is 2.47. The van der Waals surface area contributed by atoms with E-state index in [1.807, 2.05) is 36.9 Å². The number of carbonyl (C=O) groups excluding carboxylic acids is 1. The Labute approximate surface area is 152 Å². The summed E-state index contributed by atoms with van der Waals surface area (Å²) in [6, 6.07) is 5.73. The molecule has 1 fully saturated rings. The molecule has 3 heterocycles. The molecule has 136 valence electrons. The molecule has 0 bridgehead atoms. The highest BCUT2D eigenvalue weighted by molar-refractivity contribution is 6.05. The maximum absolute atomic E-state index is 13.3. The third kappa shape index (κ3) is 2.79. The van der Waals surface area contributed by atoms with E-state index in [1.54, 1.807) is 17.4 Å². The number of nitrogens with zero attached hydrogens (tertiary/aromatic N) is 4. The summed E-state index contributed by atoms with van der Waals surface area (Å²) in [7, 11) is 1.81. The first-order valence-corrected chi connectivity index (χ1v) is 9.16. The second kappa shape index (κ2) is 6.27. The number of carbonyl (C=O) groups is 1. The average Bonchev–Trinajstić information content (AvgIpc) is 3.17. The summed E-state index contributed by atoms with van der Waals surface area (Å²) in [6.45, 7) is 6.11. The monoisotopic (exact) mass is 352 g/mol. The second-order valence-corrected chi connectivity index (χ2v) is 7.40. The molecule has 0 N–H and O–H groups in total. The summed E-state index contributed by atoms with van der Waals surface area (Å²) in [5.74, 6) is 1.20. The largest absolute Gasteiger partial charge is 0.467 e. The van der Waals surface area contributed by atoms with Gasteiger partial charge in [0.1, 0.15) is 5.76 Å². The van der Waals surface area contributed by atoms with Crippen LogP contribution < -0.4 is 0 Å². The number of hydrogen-bond acceptors (Lipinski definition) is 4. The van der Waals surface area contributed by atoms with Crippen LogP contribution in [0.1, 0.15) is 73.4 Å². The van der Waals surface area contributed by atoms with Crippen molar-refractivity contribution in [1.82, 2.24) is 19.7 Å². The first-order valence-electron chi connectivity index (χ1n) is 9.16. The standard InChI is InChI=1S/C20H24N4O2/c1-12(2)24-19-16(11-21-24)15(10-17(22-19)14-7-8-14)20(25)23(4)13(3)18-6-5-9-26-18/h5-6,9-14H,7-8H2,1-4H3. The van der Waals surface area contributed by atoms with E-state index >= 15 is 0 Å². The van der Waals surface area contributed by atoms with Crippen molar-refractivity contribution in [3.05, 3.63) is 47.7 Å². The number of rotatable bonds is 5. The predicted molar refractivity (Wildman–Crippen MR) is 99.1 cm³/mol. The van der Waals surface area contributed by atoms with Crippen LogP contribution in [0, 0.1) is 0 Å². The first kappa shape index (κ1) is 16.8. The molecule has 6 heteroatoms. The van der Waals surface area contributed by atoms with Crippen LogP contribution in [0.15, 0.2) is 35.1 Å². The van der Waals surface area contributed by atoms with E-state index < -0.39 is 0 Å². The molecule has 0 radical (unpaired) electrons. The Morgan fingerprint density at radius 2 is 2.12 bits per heavy atom. The Hall–Kier alpha value is -2.63. The Morgan fingerprint density at radius 3 is 2.73 bits per heavy atom. The van der Waals surface area contributed by atoms with Crippen molar-refractivity contribution in [2.24, 2.45) is 0 Å². The summed E-state index contributed by atoms with van der Waals surface area (Å²) in [4.78, 5) is 19.8. The maximum Gasteiger partial charge on any atom is 0.255 e. The molecular weight excluding hydrogens is 328 g/mol. The molecule has 1 saturated carbocycles. The molecule has 0 aromatic carbocycles. The van der Waals surface area contributed by atoms with E-state index in [0.29, 0.717) is 11.5 Å². The van der Waals surface area contributed by atoms with Crippen molar-refractivity contribution >= 4 is 16.9 Å². The highest BCUT2D eigenvalue weighted by Crippen LogP contribution is 2.40. The topological polar surface area (TPSA) is 64.2 Å². The van der Waals surface area contributed by atoms with E-state index in [-0.39, 0.29) is 18.0 Å².